The van der Waals surface area contributed by atoms with Crippen molar-refractivity contribution in [1.82, 2.24) is 4.90 Å². The Morgan fingerprint density at radius 2 is 1.65 bits per heavy atom. The Balaban J connectivity index is 1.64. The van der Waals surface area contributed by atoms with Crippen LogP contribution < -0.4 is 0 Å². The number of nitrogens with zero attached hydrogens (tertiary/aromatic N) is 3. The predicted molar refractivity (Wildman–Crippen MR) is 146 cm³/mol. The summed E-state index contributed by atoms with van der Waals surface area (Å²) in [5.41, 5.74) is 0.599. The topological polar surface area (TPSA) is 94.3 Å². The quantitative estimate of drug-likeness (QED) is 0.290. The lowest BCUT2D eigenvalue weighted by Crippen LogP contribution is -2.50. The molecule has 1 spiro atoms. The summed E-state index contributed by atoms with van der Waals surface area (Å²) in [5, 5.41) is 11.4. The highest BCUT2D eigenvalue weighted by Crippen LogP contribution is 2.68. The lowest BCUT2D eigenvalue weighted by atomic mass is 9.72. The number of carbonyl (C=O) groups excluding carboxylic acids is 1. The zero-order valence-electron chi connectivity index (χ0n) is 22.7. The Hall–Kier alpha value is -3.95. The van der Waals surface area contributed by atoms with Gasteiger partial charge in [-0.1, -0.05) is 42.5 Å². The molecular formula is C31H30FN3O5. The van der Waals surface area contributed by atoms with Crippen LogP contribution in [0.5, 0.6) is 0 Å². The van der Waals surface area contributed by atoms with Crippen LogP contribution in [0.25, 0.3) is 0 Å². The number of amides is 1. The van der Waals surface area contributed by atoms with Gasteiger partial charge < -0.3 is 14.4 Å². The average molecular weight is 544 g/mol. The van der Waals surface area contributed by atoms with Gasteiger partial charge in [0.1, 0.15) is 23.5 Å². The third-order valence-electron chi connectivity index (χ3n) is 8.05. The number of carbonyl (C=O) groups is 1. The Morgan fingerprint density at radius 3 is 2.23 bits per heavy atom. The van der Waals surface area contributed by atoms with Gasteiger partial charge in [0.15, 0.2) is 5.72 Å². The second-order valence-corrected chi connectivity index (χ2v) is 11.4. The van der Waals surface area contributed by atoms with Crippen molar-refractivity contribution in [3.63, 3.8) is 0 Å². The molecule has 2 saturated heterocycles. The summed E-state index contributed by atoms with van der Waals surface area (Å²) in [4.78, 5) is 32.4. The first-order chi connectivity index (χ1) is 19.0. The van der Waals surface area contributed by atoms with Crippen LogP contribution in [0.3, 0.4) is 0 Å². The Bertz CT molecular complexity index is 1500. The molecule has 3 aliphatic rings. The number of non-ortho nitro benzene ring substituents is 1. The highest BCUT2D eigenvalue weighted by molar-refractivity contribution is 6.10. The van der Waals surface area contributed by atoms with Crippen LogP contribution in [-0.2, 0) is 14.3 Å². The molecule has 0 radical (unpaired) electrons. The van der Waals surface area contributed by atoms with Crippen LogP contribution >= 0.6 is 0 Å². The highest BCUT2D eigenvalue weighted by atomic mass is 19.1. The van der Waals surface area contributed by atoms with Crippen LogP contribution in [0.1, 0.15) is 56.3 Å². The third-order valence-corrected chi connectivity index (χ3v) is 8.05. The largest absolute Gasteiger partial charge is 0.344 e. The molecule has 0 saturated carbocycles. The number of rotatable bonds is 6. The number of halogens is 1. The molecule has 2 fully saturated rings. The fraction of sp³-hybridized carbons (Fsp3) is 0.355. The van der Waals surface area contributed by atoms with Gasteiger partial charge in [0, 0.05) is 29.8 Å². The maximum Gasteiger partial charge on any atom is 0.269 e. The first-order valence-electron chi connectivity index (χ1n) is 13.4. The molecule has 3 aromatic carbocycles. The molecule has 5 atom stereocenters. The molecule has 40 heavy (non-hydrogen) atoms. The second kappa shape index (κ2) is 9.04. The van der Waals surface area contributed by atoms with E-state index in [2.05, 4.69) is 0 Å². The normalized spacial score (nSPS) is 29.0. The smallest absolute Gasteiger partial charge is 0.269 e. The third kappa shape index (κ3) is 3.64. The van der Waals surface area contributed by atoms with Gasteiger partial charge in [-0.15, -0.1) is 0 Å². The lowest BCUT2D eigenvalue weighted by molar-refractivity contribution is -0.384. The summed E-state index contributed by atoms with van der Waals surface area (Å²) in [6.07, 6.45) is 0. The molecule has 206 valence electrons. The van der Waals surface area contributed by atoms with E-state index < -0.39 is 39.9 Å². The van der Waals surface area contributed by atoms with Crippen molar-refractivity contribution in [1.29, 1.82) is 0 Å². The summed E-state index contributed by atoms with van der Waals surface area (Å²) in [7, 11) is 0. The van der Waals surface area contributed by atoms with E-state index in [0.717, 1.165) is 5.56 Å². The number of fused-ring (bicyclic) bond motifs is 1. The second-order valence-electron chi connectivity index (χ2n) is 11.4. The fourth-order valence-corrected chi connectivity index (χ4v) is 6.67. The molecule has 9 heteroatoms. The van der Waals surface area contributed by atoms with E-state index in [4.69, 9.17) is 14.5 Å². The summed E-state index contributed by atoms with van der Waals surface area (Å²) >= 11 is 0. The molecular weight excluding hydrogens is 513 g/mol. The number of hydrogen-bond donors (Lipinski definition) is 0. The molecule has 3 aliphatic heterocycles. The van der Waals surface area contributed by atoms with Crippen molar-refractivity contribution in [3.05, 3.63) is 111 Å². The van der Waals surface area contributed by atoms with Gasteiger partial charge >= 0.3 is 0 Å². The zero-order valence-corrected chi connectivity index (χ0v) is 22.7. The number of ether oxygens (including phenoxy) is 2. The van der Waals surface area contributed by atoms with E-state index in [0.29, 0.717) is 16.8 Å². The Kier molecular flexibility index (Phi) is 5.94. The van der Waals surface area contributed by atoms with Gasteiger partial charge in [-0.2, -0.15) is 0 Å². The number of hydrogen-bond acceptors (Lipinski definition) is 6. The maximum atomic E-state index is 14.5. The van der Waals surface area contributed by atoms with Crippen molar-refractivity contribution in [2.45, 2.75) is 56.7 Å². The molecule has 8 nitrogen and oxygen atoms in total. The first kappa shape index (κ1) is 26.3. The summed E-state index contributed by atoms with van der Waals surface area (Å²) in [5.74, 6) is -3.21. The van der Waals surface area contributed by atoms with Gasteiger partial charge in [-0.25, -0.2) is 9.38 Å². The average Bonchev–Trinajstić information content (AvgIpc) is 3.50. The van der Waals surface area contributed by atoms with E-state index in [1.54, 1.807) is 29.2 Å². The molecule has 3 aromatic rings. The summed E-state index contributed by atoms with van der Waals surface area (Å²) < 4.78 is 27.5. The zero-order chi connectivity index (χ0) is 28.4. The van der Waals surface area contributed by atoms with Gasteiger partial charge in [-0.05, 0) is 63.1 Å². The fourth-order valence-electron chi connectivity index (χ4n) is 6.67. The molecule has 0 aliphatic carbocycles. The maximum absolute atomic E-state index is 14.5. The first-order valence-corrected chi connectivity index (χ1v) is 13.4. The Labute approximate surface area is 231 Å². The standard InChI is InChI=1S/C31H30FN3O5/c1-5-39-31-24(19-9-7-6-8-10-19)25-28(36)34(29(2,3)4)27(21-11-15-22(32)16-12-21)30(25,40-31)33-26(31)20-13-17-23(18-14-20)35(37)38/h6-18,24-25,27H,5H2,1-4H3/t24-,25+,27-,30+,31+/m1/s1. The SMILES string of the molecule is CCO[C@@]12O[C@@]3(N=C1c1ccc([N+](=O)[O-])cc1)[C@H](C(=O)N(C(C)(C)C)[C@@H]3c1ccc(F)cc1)[C@H]2c1ccccc1. The molecule has 3 heterocycles. The van der Waals surface area contributed by atoms with Gasteiger partial charge in [0.25, 0.3) is 5.69 Å². The van der Waals surface area contributed by atoms with E-state index in [1.807, 2.05) is 58.0 Å². The minimum atomic E-state index is -1.42. The number of nitro benzene ring substituents is 1. The van der Waals surface area contributed by atoms with Crippen molar-refractivity contribution < 1.29 is 23.6 Å². The predicted octanol–water partition coefficient (Wildman–Crippen LogP) is 5.78. The van der Waals surface area contributed by atoms with E-state index in [9.17, 15) is 19.3 Å². The molecule has 2 bridgehead atoms. The minimum absolute atomic E-state index is 0.0475. The molecule has 0 aromatic heterocycles. The summed E-state index contributed by atoms with van der Waals surface area (Å²) in [6.45, 7) is 8.01. The number of nitro groups is 1. The molecule has 0 N–H and O–H groups in total. The number of benzene rings is 3. The van der Waals surface area contributed by atoms with Crippen LogP contribution in [0.2, 0.25) is 0 Å². The number of aliphatic imine (C=N–C) groups is 1. The number of likely N-dealkylation sites (tertiary alicyclic amines) is 1. The van der Waals surface area contributed by atoms with E-state index in [1.165, 1.54) is 24.3 Å². The van der Waals surface area contributed by atoms with Crippen molar-refractivity contribution in [2.24, 2.45) is 10.9 Å². The molecule has 0 unspecified atom stereocenters. The van der Waals surface area contributed by atoms with Crippen LogP contribution in [0.4, 0.5) is 10.1 Å². The van der Waals surface area contributed by atoms with Gasteiger partial charge in [-0.3, -0.25) is 14.9 Å². The summed E-state index contributed by atoms with van der Waals surface area (Å²) in [6, 6.07) is 21.2. The van der Waals surface area contributed by atoms with Gasteiger partial charge in [0.2, 0.25) is 11.7 Å². The lowest BCUT2D eigenvalue weighted by Gasteiger charge is -2.41. The van der Waals surface area contributed by atoms with Gasteiger partial charge in [0.05, 0.1) is 10.8 Å². The highest BCUT2D eigenvalue weighted by Gasteiger charge is 2.80. The molecule has 6 rings (SSSR count). The molecule has 1 amide bonds. The van der Waals surface area contributed by atoms with E-state index >= 15 is 0 Å². The van der Waals surface area contributed by atoms with Crippen LogP contribution in [0.15, 0.2) is 83.9 Å². The van der Waals surface area contributed by atoms with E-state index in [-0.39, 0.29) is 24.0 Å². The van der Waals surface area contributed by atoms with Crippen molar-refractivity contribution in [2.75, 3.05) is 6.61 Å². The van der Waals surface area contributed by atoms with Crippen LogP contribution in [-0.4, -0.2) is 45.1 Å². The van der Waals surface area contributed by atoms with Crippen LogP contribution in [0, 0.1) is 21.8 Å². The van der Waals surface area contributed by atoms with Crippen molar-refractivity contribution >= 4 is 17.3 Å². The Morgan fingerprint density at radius 1 is 1.00 bits per heavy atom. The minimum Gasteiger partial charge on any atom is -0.344 e. The monoisotopic (exact) mass is 543 g/mol. The van der Waals surface area contributed by atoms with Crippen molar-refractivity contribution in [3.8, 4) is 0 Å².